The molecular formula is C26H18F3N5. The molecule has 0 aliphatic rings. The largest absolute Gasteiger partial charge is 0.416 e. The number of nitrogens with zero attached hydrogens (tertiary/aromatic N) is 4. The van der Waals surface area contributed by atoms with E-state index in [2.05, 4.69) is 20.3 Å². The van der Waals surface area contributed by atoms with Crippen LogP contribution >= 0.6 is 0 Å². The SMILES string of the molecule is Cc1cccnc1-c1ccc2c(Nc3ccc(C(F)(F)F)cc3)nc(-c3cccnc3)nc2c1. The van der Waals surface area contributed by atoms with Gasteiger partial charge in [-0.05, 0) is 67.1 Å². The summed E-state index contributed by atoms with van der Waals surface area (Å²) >= 11 is 0. The number of aryl methyl sites for hydroxylation is 1. The van der Waals surface area contributed by atoms with Gasteiger partial charge >= 0.3 is 6.18 Å². The molecule has 0 bridgehead atoms. The van der Waals surface area contributed by atoms with Gasteiger partial charge in [-0.1, -0.05) is 12.1 Å². The summed E-state index contributed by atoms with van der Waals surface area (Å²) in [6.07, 6.45) is 0.669. The maximum Gasteiger partial charge on any atom is 0.416 e. The Morgan fingerprint density at radius 2 is 1.62 bits per heavy atom. The highest BCUT2D eigenvalue weighted by Crippen LogP contribution is 2.33. The van der Waals surface area contributed by atoms with E-state index in [0.29, 0.717) is 22.8 Å². The van der Waals surface area contributed by atoms with Gasteiger partial charge in [0.2, 0.25) is 0 Å². The van der Waals surface area contributed by atoms with Crippen molar-refractivity contribution in [2.45, 2.75) is 13.1 Å². The van der Waals surface area contributed by atoms with Gasteiger partial charge in [-0.25, -0.2) is 9.97 Å². The lowest BCUT2D eigenvalue weighted by Gasteiger charge is -2.13. The van der Waals surface area contributed by atoms with E-state index < -0.39 is 11.7 Å². The highest BCUT2D eigenvalue weighted by atomic mass is 19.4. The van der Waals surface area contributed by atoms with Gasteiger partial charge in [-0.15, -0.1) is 0 Å². The summed E-state index contributed by atoms with van der Waals surface area (Å²) < 4.78 is 38.8. The van der Waals surface area contributed by atoms with Crippen LogP contribution in [0.3, 0.4) is 0 Å². The van der Waals surface area contributed by atoms with E-state index in [9.17, 15) is 13.2 Å². The molecule has 5 nitrogen and oxygen atoms in total. The topological polar surface area (TPSA) is 63.6 Å². The third-order valence-corrected chi connectivity index (χ3v) is 5.37. The third kappa shape index (κ3) is 4.30. The van der Waals surface area contributed by atoms with Crippen molar-refractivity contribution in [2.24, 2.45) is 0 Å². The van der Waals surface area contributed by atoms with Gasteiger partial charge in [0.1, 0.15) is 5.82 Å². The molecule has 5 rings (SSSR count). The summed E-state index contributed by atoms with van der Waals surface area (Å²) in [4.78, 5) is 18.0. The minimum atomic E-state index is -4.40. The van der Waals surface area contributed by atoms with Crippen LogP contribution in [0, 0.1) is 6.92 Å². The lowest BCUT2D eigenvalue weighted by molar-refractivity contribution is -0.137. The molecular weight excluding hydrogens is 439 g/mol. The average molecular weight is 457 g/mol. The Bertz CT molecular complexity index is 1470. The molecule has 2 aromatic carbocycles. The Labute approximate surface area is 193 Å². The number of halogens is 3. The highest BCUT2D eigenvalue weighted by Gasteiger charge is 2.30. The monoisotopic (exact) mass is 457 g/mol. The van der Waals surface area contributed by atoms with Crippen LogP contribution in [-0.2, 0) is 6.18 Å². The second kappa shape index (κ2) is 8.55. The Kier molecular flexibility index (Phi) is 5.41. The van der Waals surface area contributed by atoms with Crippen molar-refractivity contribution in [3.8, 4) is 22.6 Å². The normalized spacial score (nSPS) is 11.5. The molecule has 0 saturated heterocycles. The van der Waals surface area contributed by atoms with Crippen LogP contribution in [0.15, 0.2) is 85.3 Å². The first-order chi connectivity index (χ1) is 16.4. The first-order valence-electron chi connectivity index (χ1n) is 10.5. The van der Waals surface area contributed by atoms with Crippen LogP contribution in [0.5, 0.6) is 0 Å². The van der Waals surface area contributed by atoms with Crippen LogP contribution in [0.2, 0.25) is 0 Å². The first kappa shape index (κ1) is 21.5. The summed E-state index contributed by atoms with van der Waals surface area (Å²) in [5.74, 6) is 0.929. The number of hydrogen-bond acceptors (Lipinski definition) is 5. The minimum absolute atomic E-state index is 0.449. The number of pyridine rings is 2. The molecule has 3 heterocycles. The van der Waals surface area contributed by atoms with Gasteiger partial charge in [0.05, 0.1) is 16.8 Å². The summed E-state index contributed by atoms with van der Waals surface area (Å²) in [5, 5.41) is 3.88. The number of rotatable bonds is 4. The Morgan fingerprint density at radius 1 is 0.824 bits per heavy atom. The predicted octanol–water partition coefficient (Wildman–Crippen LogP) is 6.82. The number of hydrogen-bond donors (Lipinski definition) is 1. The molecule has 0 aliphatic heterocycles. The van der Waals surface area contributed by atoms with Crippen molar-refractivity contribution in [3.05, 3.63) is 96.4 Å². The zero-order chi connectivity index (χ0) is 23.7. The maximum atomic E-state index is 12.9. The molecule has 0 spiro atoms. The lowest BCUT2D eigenvalue weighted by Crippen LogP contribution is -2.05. The molecule has 0 atom stereocenters. The molecule has 0 saturated carbocycles. The van der Waals surface area contributed by atoms with Crippen LogP contribution in [0.25, 0.3) is 33.5 Å². The highest BCUT2D eigenvalue weighted by molar-refractivity contribution is 5.94. The van der Waals surface area contributed by atoms with E-state index in [-0.39, 0.29) is 0 Å². The average Bonchev–Trinajstić information content (AvgIpc) is 2.84. The molecule has 5 aromatic rings. The zero-order valence-electron chi connectivity index (χ0n) is 18.0. The van der Waals surface area contributed by atoms with Crippen LogP contribution in [-0.4, -0.2) is 19.9 Å². The zero-order valence-corrected chi connectivity index (χ0v) is 18.0. The second-order valence-corrected chi connectivity index (χ2v) is 7.74. The van der Waals surface area contributed by atoms with Crippen LogP contribution < -0.4 is 5.32 Å². The molecule has 34 heavy (non-hydrogen) atoms. The first-order valence-corrected chi connectivity index (χ1v) is 10.5. The fourth-order valence-electron chi connectivity index (χ4n) is 3.66. The van der Waals surface area contributed by atoms with Crippen molar-refractivity contribution in [2.75, 3.05) is 5.32 Å². The lowest BCUT2D eigenvalue weighted by atomic mass is 10.0. The standard InChI is InChI=1S/C26H18F3N5/c1-16-4-2-13-31-23(16)17-6-11-21-22(14-17)33-24(18-5-3-12-30-15-18)34-25(21)32-20-9-7-19(8-10-20)26(27,28)29/h2-15H,1H3,(H,32,33,34). The number of alkyl halides is 3. The Morgan fingerprint density at radius 3 is 2.32 bits per heavy atom. The Balaban J connectivity index is 1.63. The molecule has 0 fully saturated rings. The number of nitrogens with one attached hydrogen (secondary N) is 1. The number of aromatic nitrogens is 4. The molecule has 0 unspecified atom stereocenters. The second-order valence-electron chi connectivity index (χ2n) is 7.74. The van der Waals surface area contributed by atoms with Crippen LogP contribution in [0.1, 0.15) is 11.1 Å². The van der Waals surface area contributed by atoms with Gasteiger partial charge in [0, 0.05) is 40.8 Å². The summed E-state index contributed by atoms with van der Waals surface area (Å²) in [7, 11) is 0. The van der Waals surface area contributed by atoms with Gasteiger partial charge in [0.15, 0.2) is 5.82 Å². The fourth-order valence-corrected chi connectivity index (χ4v) is 3.66. The molecule has 0 radical (unpaired) electrons. The summed E-state index contributed by atoms with van der Waals surface area (Å²) in [6, 6.07) is 18.1. The fraction of sp³-hybridized carbons (Fsp3) is 0.0769. The maximum absolute atomic E-state index is 12.9. The number of benzene rings is 2. The summed E-state index contributed by atoms with van der Waals surface area (Å²) in [5.41, 5.74) is 3.95. The van der Waals surface area contributed by atoms with Crippen molar-refractivity contribution >= 4 is 22.4 Å². The molecule has 1 N–H and O–H groups in total. The third-order valence-electron chi connectivity index (χ3n) is 5.37. The van der Waals surface area contributed by atoms with Crippen molar-refractivity contribution in [1.82, 2.24) is 19.9 Å². The van der Waals surface area contributed by atoms with Crippen molar-refractivity contribution < 1.29 is 13.2 Å². The molecule has 0 amide bonds. The van der Waals surface area contributed by atoms with Crippen molar-refractivity contribution in [3.63, 3.8) is 0 Å². The van der Waals surface area contributed by atoms with Gasteiger partial charge < -0.3 is 5.32 Å². The van der Waals surface area contributed by atoms with Gasteiger partial charge in [0.25, 0.3) is 0 Å². The smallest absolute Gasteiger partial charge is 0.340 e. The number of anilines is 2. The molecule has 8 heteroatoms. The summed E-state index contributed by atoms with van der Waals surface area (Å²) in [6.45, 7) is 1.99. The minimum Gasteiger partial charge on any atom is -0.340 e. The molecule has 168 valence electrons. The van der Waals surface area contributed by atoms with Crippen molar-refractivity contribution in [1.29, 1.82) is 0 Å². The van der Waals surface area contributed by atoms with Gasteiger partial charge in [-0.3, -0.25) is 9.97 Å². The van der Waals surface area contributed by atoms with E-state index >= 15 is 0 Å². The van der Waals surface area contributed by atoms with E-state index in [4.69, 9.17) is 4.98 Å². The van der Waals surface area contributed by atoms with E-state index in [1.54, 1.807) is 24.7 Å². The quantitative estimate of drug-likeness (QED) is 0.321. The number of fused-ring (bicyclic) bond motifs is 1. The van der Waals surface area contributed by atoms with Crippen LogP contribution in [0.4, 0.5) is 24.7 Å². The molecule has 3 aromatic heterocycles. The predicted molar refractivity (Wildman–Crippen MR) is 125 cm³/mol. The van der Waals surface area contributed by atoms with E-state index in [0.717, 1.165) is 39.9 Å². The van der Waals surface area contributed by atoms with E-state index in [1.807, 2.05) is 43.3 Å². The Hall–Kier alpha value is -4.33. The molecule has 0 aliphatic carbocycles. The van der Waals surface area contributed by atoms with E-state index in [1.165, 1.54) is 12.1 Å². The van der Waals surface area contributed by atoms with Gasteiger partial charge in [-0.2, -0.15) is 13.2 Å².